The van der Waals surface area contributed by atoms with E-state index in [1.54, 1.807) is 11.8 Å². The van der Waals surface area contributed by atoms with Gasteiger partial charge in [0.1, 0.15) is 0 Å². The van der Waals surface area contributed by atoms with Crippen molar-refractivity contribution in [2.45, 2.75) is 30.8 Å². The highest BCUT2D eigenvalue weighted by Gasteiger charge is 2.26. The predicted molar refractivity (Wildman–Crippen MR) is 103 cm³/mol. The molecule has 0 fully saturated rings. The summed E-state index contributed by atoms with van der Waals surface area (Å²) in [6.07, 6.45) is 3.13. The SMILES string of the molecule is CSc1ccc(CN(C)C(=O)CN2CCc3sccc3C2C)cc1. The molecule has 24 heavy (non-hydrogen) atoms. The first-order chi connectivity index (χ1) is 11.6. The Kier molecular flexibility index (Phi) is 5.64. The van der Waals surface area contributed by atoms with Crippen LogP contribution in [0.15, 0.2) is 40.6 Å². The van der Waals surface area contributed by atoms with Crippen LogP contribution in [0, 0.1) is 0 Å². The standard InChI is InChI=1S/C19H24N2OS2/c1-14-17-9-11-24-18(17)8-10-21(14)13-19(22)20(2)12-15-4-6-16(23-3)7-5-15/h4-7,9,11,14H,8,10,12-13H2,1-3H3. The lowest BCUT2D eigenvalue weighted by Gasteiger charge is -2.34. The number of thioether (sulfide) groups is 1. The molecule has 1 aromatic carbocycles. The number of hydrogen-bond donors (Lipinski definition) is 0. The number of nitrogens with zero attached hydrogens (tertiary/aromatic N) is 2. The van der Waals surface area contributed by atoms with Crippen molar-refractivity contribution in [3.8, 4) is 0 Å². The van der Waals surface area contributed by atoms with E-state index >= 15 is 0 Å². The molecule has 3 nitrogen and oxygen atoms in total. The first-order valence-electron chi connectivity index (χ1n) is 8.25. The van der Waals surface area contributed by atoms with Gasteiger partial charge in [-0.1, -0.05) is 12.1 Å². The van der Waals surface area contributed by atoms with Crippen LogP contribution in [0.3, 0.4) is 0 Å². The summed E-state index contributed by atoms with van der Waals surface area (Å²) in [6, 6.07) is 11.0. The lowest BCUT2D eigenvalue weighted by atomic mass is 10.0. The Hall–Kier alpha value is -1.30. The molecule has 128 valence electrons. The molecule has 1 aliphatic heterocycles. The van der Waals surface area contributed by atoms with Gasteiger partial charge >= 0.3 is 0 Å². The van der Waals surface area contributed by atoms with Crippen LogP contribution in [-0.4, -0.2) is 42.1 Å². The normalized spacial score (nSPS) is 17.5. The Morgan fingerprint density at radius 2 is 2.08 bits per heavy atom. The third-order valence-corrected chi connectivity index (χ3v) is 6.49. The molecule has 3 rings (SSSR count). The summed E-state index contributed by atoms with van der Waals surface area (Å²) < 4.78 is 0. The van der Waals surface area contributed by atoms with Gasteiger partial charge in [-0.25, -0.2) is 0 Å². The molecule has 1 amide bonds. The summed E-state index contributed by atoms with van der Waals surface area (Å²) in [5.74, 6) is 0.189. The molecule has 2 aromatic rings. The minimum Gasteiger partial charge on any atom is -0.340 e. The molecule has 1 aromatic heterocycles. The maximum Gasteiger partial charge on any atom is 0.236 e. The minimum absolute atomic E-state index is 0.189. The highest BCUT2D eigenvalue weighted by molar-refractivity contribution is 7.98. The van der Waals surface area contributed by atoms with Crippen LogP contribution in [0.2, 0.25) is 0 Å². The van der Waals surface area contributed by atoms with Crippen LogP contribution >= 0.6 is 23.1 Å². The van der Waals surface area contributed by atoms with Gasteiger partial charge in [-0.15, -0.1) is 23.1 Å². The van der Waals surface area contributed by atoms with Crippen molar-refractivity contribution in [1.29, 1.82) is 0 Å². The number of fused-ring (bicyclic) bond motifs is 1. The zero-order chi connectivity index (χ0) is 17.1. The maximum atomic E-state index is 12.6. The highest BCUT2D eigenvalue weighted by Crippen LogP contribution is 2.32. The van der Waals surface area contributed by atoms with Gasteiger partial charge in [-0.2, -0.15) is 0 Å². The van der Waals surface area contributed by atoms with E-state index in [9.17, 15) is 4.79 Å². The van der Waals surface area contributed by atoms with E-state index in [2.05, 4.69) is 53.8 Å². The van der Waals surface area contributed by atoms with Crippen molar-refractivity contribution in [2.24, 2.45) is 0 Å². The molecule has 0 N–H and O–H groups in total. The predicted octanol–water partition coefficient (Wildman–Crippen LogP) is 4.05. The van der Waals surface area contributed by atoms with Crippen LogP contribution in [0.5, 0.6) is 0 Å². The van der Waals surface area contributed by atoms with Gasteiger partial charge in [0.05, 0.1) is 6.54 Å². The number of likely N-dealkylation sites (N-methyl/N-ethyl adjacent to an activating group) is 1. The van der Waals surface area contributed by atoms with Gasteiger partial charge < -0.3 is 4.90 Å². The Bertz CT molecular complexity index is 696. The Balaban J connectivity index is 1.58. The first-order valence-corrected chi connectivity index (χ1v) is 10.4. The van der Waals surface area contributed by atoms with Gasteiger partial charge in [0.15, 0.2) is 0 Å². The fourth-order valence-electron chi connectivity index (χ4n) is 3.16. The van der Waals surface area contributed by atoms with Crippen molar-refractivity contribution in [3.63, 3.8) is 0 Å². The molecule has 0 saturated carbocycles. The average molecular weight is 361 g/mol. The van der Waals surface area contributed by atoms with Crippen LogP contribution in [0.1, 0.15) is 29.0 Å². The fourth-order valence-corrected chi connectivity index (χ4v) is 4.54. The monoisotopic (exact) mass is 360 g/mol. The van der Waals surface area contributed by atoms with Gasteiger partial charge in [0, 0.05) is 36.0 Å². The zero-order valence-corrected chi connectivity index (χ0v) is 16.1. The third kappa shape index (κ3) is 3.85. The molecule has 5 heteroatoms. The van der Waals surface area contributed by atoms with E-state index < -0.39 is 0 Å². The molecule has 0 aliphatic carbocycles. The summed E-state index contributed by atoms with van der Waals surface area (Å²) in [5, 5.41) is 2.16. The van der Waals surface area contributed by atoms with Crippen molar-refractivity contribution < 1.29 is 4.79 Å². The van der Waals surface area contributed by atoms with E-state index in [1.165, 1.54) is 20.9 Å². The summed E-state index contributed by atoms with van der Waals surface area (Å²) in [6.45, 7) is 4.34. The summed E-state index contributed by atoms with van der Waals surface area (Å²) in [4.78, 5) is 19.5. The molecular weight excluding hydrogens is 336 g/mol. The Morgan fingerprint density at radius 1 is 1.33 bits per heavy atom. The lowest BCUT2D eigenvalue weighted by Crippen LogP contribution is -2.41. The maximum absolute atomic E-state index is 12.6. The second-order valence-electron chi connectivity index (χ2n) is 6.29. The number of benzene rings is 1. The fraction of sp³-hybridized carbons (Fsp3) is 0.421. The molecule has 0 radical (unpaired) electrons. The van der Waals surface area contributed by atoms with E-state index in [4.69, 9.17) is 0 Å². The third-order valence-electron chi connectivity index (χ3n) is 4.75. The smallest absolute Gasteiger partial charge is 0.236 e. The minimum atomic E-state index is 0.189. The van der Waals surface area contributed by atoms with Crippen LogP contribution < -0.4 is 0 Å². The van der Waals surface area contributed by atoms with Gasteiger partial charge in [0.25, 0.3) is 0 Å². The summed E-state index contributed by atoms with van der Waals surface area (Å²) >= 11 is 3.57. The van der Waals surface area contributed by atoms with Crippen LogP contribution in [-0.2, 0) is 17.8 Å². The van der Waals surface area contributed by atoms with E-state index in [0.29, 0.717) is 19.1 Å². The largest absolute Gasteiger partial charge is 0.340 e. The number of carbonyl (C=O) groups excluding carboxylic acids is 1. The van der Waals surface area contributed by atoms with Gasteiger partial charge in [-0.05, 0) is 54.3 Å². The second kappa shape index (κ2) is 7.72. The number of rotatable bonds is 5. The Labute approximate surface area is 152 Å². The van der Waals surface area contributed by atoms with Crippen molar-refractivity contribution >= 4 is 29.0 Å². The highest BCUT2D eigenvalue weighted by atomic mass is 32.2. The number of amides is 1. The van der Waals surface area contributed by atoms with Gasteiger partial charge in [0.2, 0.25) is 5.91 Å². The lowest BCUT2D eigenvalue weighted by molar-refractivity contribution is -0.132. The topological polar surface area (TPSA) is 23.6 Å². The second-order valence-corrected chi connectivity index (χ2v) is 8.17. The van der Waals surface area contributed by atoms with E-state index in [1.807, 2.05) is 23.3 Å². The summed E-state index contributed by atoms with van der Waals surface area (Å²) in [7, 11) is 1.90. The molecule has 1 atom stereocenters. The average Bonchev–Trinajstić information content (AvgIpc) is 3.07. The first kappa shape index (κ1) is 17.5. The molecule has 0 saturated heterocycles. The molecule has 1 unspecified atom stereocenters. The van der Waals surface area contributed by atoms with E-state index in [-0.39, 0.29) is 5.91 Å². The summed E-state index contributed by atoms with van der Waals surface area (Å²) in [5.41, 5.74) is 2.57. The zero-order valence-electron chi connectivity index (χ0n) is 14.5. The molecule has 2 heterocycles. The Morgan fingerprint density at radius 3 is 2.79 bits per heavy atom. The number of thiophene rings is 1. The molecular formula is C19H24N2OS2. The molecule has 0 bridgehead atoms. The van der Waals surface area contributed by atoms with Crippen molar-refractivity contribution in [3.05, 3.63) is 51.7 Å². The molecule has 1 aliphatic rings. The number of carbonyl (C=O) groups is 1. The van der Waals surface area contributed by atoms with Crippen molar-refractivity contribution in [2.75, 3.05) is 26.4 Å². The quantitative estimate of drug-likeness (QED) is 0.752. The molecule has 0 spiro atoms. The van der Waals surface area contributed by atoms with Crippen LogP contribution in [0.4, 0.5) is 0 Å². The van der Waals surface area contributed by atoms with Gasteiger partial charge in [-0.3, -0.25) is 9.69 Å². The van der Waals surface area contributed by atoms with Crippen molar-refractivity contribution in [1.82, 2.24) is 9.80 Å². The number of hydrogen-bond acceptors (Lipinski definition) is 4. The van der Waals surface area contributed by atoms with Crippen LogP contribution in [0.25, 0.3) is 0 Å². The van der Waals surface area contributed by atoms with E-state index in [0.717, 1.165) is 13.0 Å².